The number of hydrogen-bond donors (Lipinski definition) is 1. The van der Waals surface area contributed by atoms with Crippen LogP contribution in [0.3, 0.4) is 0 Å². The second-order valence-corrected chi connectivity index (χ2v) is 8.59. The van der Waals surface area contributed by atoms with Gasteiger partial charge in [-0.2, -0.15) is 0 Å². The Morgan fingerprint density at radius 1 is 1.28 bits per heavy atom. The van der Waals surface area contributed by atoms with E-state index in [1.807, 2.05) is 62.4 Å². The zero-order valence-electron chi connectivity index (χ0n) is 16.1. The average molecular weight is 504 g/mol. The Morgan fingerprint density at radius 3 is 2.79 bits per heavy atom. The van der Waals surface area contributed by atoms with Gasteiger partial charge >= 0.3 is 6.09 Å². The van der Waals surface area contributed by atoms with Gasteiger partial charge in [-0.15, -0.1) is 0 Å². The van der Waals surface area contributed by atoms with Crippen LogP contribution in [0.25, 0.3) is 5.57 Å². The summed E-state index contributed by atoms with van der Waals surface area (Å²) in [5.41, 5.74) is 2.27. The van der Waals surface area contributed by atoms with Crippen molar-refractivity contribution in [2.45, 2.75) is 32.2 Å². The number of amides is 2. The molecule has 2 aromatic carbocycles. The molecule has 150 valence electrons. The lowest BCUT2D eigenvalue weighted by Crippen LogP contribution is -2.47. The lowest BCUT2D eigenvalue weighted by Gasteiger charge is -2.31. The molecule has 0 radical (unpaired) electrons. The molecule has 2 aliphatic rings. The molecular formula is C22H21IN2O4. The number of benzene rings is 2. The van der Waals surface area contributed by atoms with Gasteiger partial charge in [-0.3, -0.25) is 9.69 Å². The molecule has 0 spiro atoms. The first-order valence-electron chi connectivity index (χ1n) is 9.33. The molecule has 29 heavy (non-hydrogen) atoms. The van der Waals surface area contributed by atoms with Crippen molar-refractivity contribution in [2.24, 2.45) is 0 Å². The first kappa shape index (κ1) is 19.9. The molecule has 6 nitrogen and oxygen atoms in total. The summed E-state index contributed by atoms with van der Waals surface area (Å²) >= 11 is 2.20. The summed E-state index contributed by atoms with van der Waals surface area (Å²) in [7, 11) is 0. The molecule has 2 amide bonds. The first-order valence-corrected chi connectivity index (χ1v) is 10.4. The highest BCUT2D eigenvalue weighted by molar-refractivity contribution is 14.1. The number of rotatable bonds is 3. The highest BCUT2D eigenvalue weighted by Crippen LogP contribution is 2.37. The molecule has 1 fully saturated rings. The van der Waals surface area contributed by atoms with E-state index in [2.05, 4.69) is 27.9 Å². The molecule has 1 atom stereocenters. The summed E-state index contributed by atoms with van der Waals surface area (Å²) in [6.07, 6.45) is 1.33. The van der Waals surface area contributed by atoms with Gasteiger partial charge in [0.05, 0.1) is 18.3 Å². The van der Waals surface area contributed by atoms with Crippen LogP contribution in [0.5, 0.6) is 0 Å². The molecule has 4 rings (SSSR count). The maximum atomic E-state index is 12.9. The Bertz CT molecular complexity index is 988. The standard InChI is InChI=1S/C22H21IN2O4/c1-22(2)25(21(27)28-12-14-7-4-3-5-8-14)15(13-29-22)11-17-16-9-6-10-18(23)19(16)24-20(17)26/h3-11,15H,12-13H2,1-2H3,(H,24,26)/b17-11+/t15-/m0/s1. The van der Waals surface area contributed by atoms with Crippen LogP contribution < -0.4 is 5.32 Å². The quantitative estimate of drug-likeness (QED) is 0.497. The number of carbonyl (C=O) groups excluding carboxylic acids is 2. The molecule has 1 saturated heterocycles. The number of nitrogens with zero attached hydrogens (tertiary/aromatic N) is 1. The fourth-order valence-corrected chi connectivity index (χ4v) is 4.27. The van der Waals surface area contributed by atoms with E-state index in [9.17, 15) is 9.59 Å². The van der Waals surface area contributed by atoms with Crippen LogP contribution in [-0.2, 0) is 20.9 Å². The van der Waals surface area contributed by atoms with E-state index in [1.54, 1.807) is 11.0 Å². The maximum Gasteiger partial charge on any atom is 0.412 e. The van der Waals surface area contributed by atoms with Crippen LogP contribution in [0.4, 0.5) is 10.5 Å². The fraction of sp³-hybridized carbons (Fsp3) is 0.273. The topological polar surface area (TPSA) is 67.9 Å². The van der Waals surface area contributed by atoms with Crippen LogP contribution in [0, 0.1) is 3.57 Å². The molecule has 7 heteroatoms. The Morgan fingerprint density at radius 2 is 2.03 bits per heavy atom. The van der Waals surface area contributed by atoms with Gasteiger partial charge in [0.25, 0.3) is 5.91 Å². The van der Waals surface area contributed by atoms with Gasteiger partial charge in [0.15, 0.2) is 0 Å². The van der Waals surface area contributed by atoms with E-state index in [0.717, 1.165) is 20.4 Å². The molecule has 1 N–H and O–H groups in total. The van der Waals surface area contributed by atoms with Gasteiger partial charge in [-0.1, -0.05) is 42.5 Å². The Hall–Kier alpha value is -2.39. The molecule has 2 heterocycles. The molecule has 0 unspecified atom stereocenters. The number of anilines is 1. The maximum absolute atomic E-state index is 12.9. The number of carbonyl (C=O) groups is 2. The van der Waals surface area contributed by atoms with Crippen LogP contribution >= 0.6 is 22.6 Å². The molecule has 2 aromatic rings. The Kier molecular flexibility index (Phi) is 5.35. The van der Waals surface area contributed by atoms with Crippen molar-refractivity contribution in [2.75, 3.05) is 11.9 Å². The van der Waals surface area contributed by atoms with Gasteiger partial charge in [-0.05, 0) is 54.1 Å². The minimum Gasteiger partial charge on any atom is -0.444 e. The molecular weight excluding hydrogens is 483 g/mol. The molecule has 0 saturated carbocycles. The number of halogens is 1. The van der Waals surface area contributed by atoms with Gasteiger partial charge in [-0.25, -0.2) is 4.79 Å². The smallest absolute Gasteiger partial charge is 0.412 e. The first-order chi connectivity index (χ1) is 13.9. The highest BCUT2D eigenvalue weighted by Gasteiger charge is 2.44. The van der Waals surface area contributed by atoms with Crippen molar-refractivity contribution in [1.29, 1.82) is 0 Å². The average Bonchev–Trinajstić information content (AvgIpc) is 3.18. The van der Waals surface area contributed by atoms with Crippen molar-refractivity contribution in [3.05, 3.63) is 69.3 Å². The third kappa shape index (κ3) is 3.89. The predicted octanol–water partition coefficient (Wildman–Crippen LogP) is 4.40. The molecule has 0 aliphatic carbocycles. The van der Waals surface area contributed by atoms with Gasteiger partial charge in [0, 0.05) is 14.7 Å². The van der Waals surface area contributed by atoms with Crippen molar-refractivity contribution in [1.82, 2.24) is 4.90 Å². The number of ether oxygens (including phenoxy) is 2. The summed E-state index contributed by atoms with van der Waals surface area (Å²) in [6.45, 7) is 4.11. The Labute approximate surface area is 183 Å². The van der Waals surface area contributed by atoms with Crippen LogP contribution in [0.15, 0.2) is 54.6 Å². The second-order valence-electron chi connectivity index (χ2n) is 7.43. The summed E-state index contributed by atoms with van der Waals surface area (Å²) in [6, 6.07) is 14.9. The molecule has 0 bridgehead atoms. The minimum atomic E-state index is -0.835. The van der Waals surface area contributed by atoms with E-state index in [4.69, 9.17) is 9.47 Å². The zero-order chi connectivity index (χ0) is 20.6. The normalized spacial score (nSPS) is 21.2. The lowest BCUT2D eigenvalue weighted by molar-refractivity contribution is -0.110. The SMILES string of the molecule is CC1(C)OC[C@H](/C=C2/C(=O)Nc3c(I)cccc32)N1C(=O)OCc1ccccc1. The largest absolute Gasteiger partial charge is 0.444 e. The zero-order valence-corrected chi connectivity index (χ0v) is 18.3. The van der Waals surface area contributed by atoms with Crippen LogP contribution in [0.1, 0.15) is 25.0 Å². The number of para-hydroxylation sites is 1. The van der Waals surface area contributed by atoms with Crippen molar-refractivity contribution in [3.8, 4) is 0 Å². The third-order valence-electron chi connectivity index (χ3n) is 5.07. The van der Waals surface area contributed by atoms with Crippen molar-refractivity contribution >= 4 is 45.9 Å². The monoisotopic (exact) mass is 504 g/mol. The Balaban J connectivity index is 1.59. The van der Waals surface area contributed by atoms with E-state index in [1.165, 1.54) is 0 Å². The van der Waals surface area contributed by atoms with E-state index in [-0.39, 0.29) is 12.5 Å². The summed E-state index contributed by atoms with van der Waals surface area (Å²) in [4.78, 5) is 27.0. The predicted molar refractivity (Wildman–Crippen MR) is 118 cm³/mol. The summed E-state index contributed by atoms with van der Waals surface area (Å²) in [5.74, 6) is -0.175. The number of nitrogens with one attached hydrogen (secondary N) is 1. The minimum absolute atomic E-state index is 0.175. The van der Waals surface area contributed by atoms with Gasteiger partial charge < -0.3 is 14.8 Å². The molecule has 0 aromatic heterocycles. The van der Waals surface area contributed by atoms with E-state index < -0.39 is 17.9 Å². The van der Waals surface area contributed by atoms with E-state index in [0.29, 0.717) is 12.2 Å². The molecule has 2 aliphatic heterocycles. The number of hydrogen-bond acceptors (Lipinski definition) is 4. The lowest BCUT2D eigenvalue weighted by atomic mass is 10.0. The highest BCUT2D eigenvalue weighted by atomic mass is 127. The third-order valence-corrected chi connectivity index (χ3v) is 5.97. The summed E-state index contributed by atoms with van der Waals surface area (Å²) < 4.78 is 12.3. The van der Waals surface area contributed by atoms with Crippen LogP contribution in [-0.4, -0.2) is 35.3 Å². The second kappa shape index (κ2) is 7.79. The summed E-state index contributed by atoms with van der Waals surface area (Å²) in [5, 5.41) is 2.91. The van der Waals surface area contributed by atoms with Gasteiger partial charge in [0.2, 0.25) is 0 Å². The van der Waals surface area contributed by atoms with Crippen molar-refractivity contribution < 1.29 is 19.1 Å². The van der Waals surface area contributed by atoms with E-state index >= 15 is 0 Å². The van der Waals surface area contributed by atoms with Crippen molar-refractivity contribution in [3.63, 3.8) is 0 Å². The van der Waals surface area contributed by atoms with Gasteiger partial charge in [0.1, 0.15) is 12.3 Å². The number of fused-ring (bicyclic) bond motifs is 1. The fourth-order valence-electron chi connectivity index (χ4n) is 3.64. The van der Waals surface area contributed by atoms with Crippen LogP contribution in [0.2, 0.25) is 0 Å².